The second-order valence-corrected chi connectivity index (χ2v) is 7.95. The fourth-order valence-corrected chi connectivity index (χ4v) is 3.57. The van der Waals surface area contributed by atoms with Crippen LogP contribution in [0.3, 0.4) is 0 Å². The average molecular weight is 386 g/mol. The summed E-state index contributed by atoms with van der Waals surface area (Å²) in [5.74, 6) is 0.442. The lowest BCUT2D eigenvalue weighted by atomic mass is 10.1. The Balaban J connectivity index is 1.50. The minimum atomic E-state index is 0.0749. The van der Waals surface area contributed by atoms with E-state index in [0.29, 0.717) is 12.3 Å². The molecule has 0 saturated carbocycles. The lowest BCUT2D eigenvalue weighted by Crippen LogP contribution is -2.46. The van der Waals surface area contributed by atoms with Crippen LogP contribution in [0.15, 0.2) is 48.5 Å². The van der Waals surface area contributed by atoms with Crippen LogP contribution >= 0.6 is 11.6 Å². The van der Waals surface area contributed by atoms with Crippen molar-refractivity contribution in [1.29, 1.82) is 0 Å². The maximum absolute atomic E-state index is 11.9. The molecule has 3 rings (SSSR count). The molecule has 2 aromatic carbocycles. The number of hydrogen-bond acceptors (Lipinski definition) is 3. The standard InChI is InChI=1S/C22H28ClN3O/c1-17(2)15-22(27)24-19-7-9-20(10-8-19)26-13-11-25(12-14-26)16-18-5-3-4-6-21(18)23/h3-10,17H,11-16H2,1-2H3,(H,24,27). The van der Waals surface area contributed by atoms with E-state index < -0.39 is 0 Å². The highest BCUT2D eigenvalue weighted by atomic mass is 35.5. The molecule has 1 amide bonds. The predicted octanol–water partition coefficient (Wildman–Crippen LogP) is 4.65. The second kappa shape index (κ2) is 9.25. The number of piperazine rings is 1. The lowest BCUT2D eigenvalue weighted by molar-refractivity contribution is -0.116. The van der Waals surface area contributed by atoms with E-state index in [1.807, 2.05) is 44.2 Å². The molecule has 0 radical (unpaired) electrons. The number of nitrogens with zero attached hydrogens (tertiary/aromatic N) is 2. The van der Waals surface area contributed by atoms with Gasteiger partial charge in [0.25, 0.3) is 0 Å². The van der Waals surface area contributed by atoms with Gasteiger partial charge in [0.2, 0.25) is 5.91 Å². The third-order valence-corrected chi connectivity index (χ3v) is 5.20. The molecule has 5 heteroatoms. The molecule has 27 heavy (non-hydrogen) atoms. The first-order valence-corrected chi connectivity index (χ1v) is 9.99. The Morgan fingerprint density at radius 1 is 1.04 bits per heavy atom. The van der Waals surface area contributed by atoms with Crippen molar-refractivity contribution in [2.75, 3.05) is 36.4 Å². The van der Waals surface area contributed by atoms with Gasteiger partial charge in [-0.1, -0.05) is 43.6 Å². The van der Waals surface area contributed by atoms with Crippen LogP contribution in [0.25, 0.3) is 0 Å². The highest BCUT2D eigenvalue weighted by Crippen LogP contribution is 2.22. The molecule has 2 aromatic rings. The smallest absolute Gasteiger partial charge is 0.224 e. The summed E-state index contributed by atoms with van der Waals surface area (Å²) < 4.78 is 0. The average Bonchev–Trinajstić information content (AvgIpc) is 2.64. The van der Waals surface area contributed by atoms with E-state index >= 15 is 0 Å². The van der Waals surface area contributed by atoms with Gasteiger partial charge in [-0.25, -0.2) is 0 Å². The molecule has 0 atom stereocenters. The monoisotopic (exact) mass is 385 g/mol. The van der Waals surface area contributed by atoms with Gasteiger partial charge < -0.3 is 10.2 Å². The first-order valence-electron chi connectivity index (χ1n) is 9.62. The Bertz CT molecular complexity index is 752. The molecule has 0 aliphatic carbocycles. The van der Waals surface area contributed by atoms with Crippen LogP contribution in [0.5, 0.6) is 0 Å². The number of hydrogen-bond donors (Lipinski definition) is 1. The first kappa shape index (κ1) is 19.7. The minimum Gasteiger partial charge on any atom is -0.369 e. The number of amides is 1. The Labute approximate surface area is 167 Å². The normalized spacial score (nSPS) is 15.2. The number of carbonyl (C=O) groups is 1. The first-order chi connectivity index (χ1) is 13.0. The van der Waals surface area contributed by atoms with Crippen LogP contribution in [0.1, 0.15) is 25.8 Å². The van der Waals surface area contributed by atoms with Crippen LogP contribution in [0.4, 0.5) is 11.4 Å². The van der Waals surface area contributed by atoms with Gasteiger partial charge in [0, 0.05) is 55.5 Å². The molecular formula is C22H28ClN3O. The number of anilines is 2. The predicted molar refractivity (Wildman–Crippen MR) is 113 cm³/mol. The van der Waals surface area contributed by atoms with Gasteiger partial charge in [0.05, 0.1) is 0 Å². The Morgan fingerprint density at radius 2 is 1.70 bits per heavy atom. The van der Waals surface area contributed by atoms with Crippen LogP contribution in [0.2, 0.25) is 5.02 Å². The van der Waals surface area contributed by atoms with Crippen molar-refractivity contribution in [3.05, 3.63) is 59.1 Å². The minimum absolute atomic E-state index is 0.0749. The number of rotatable bonds is 6. The Hall–Kier alpha value is -2.04. The summed E-state index contributed by atoms with van der Waals surface area (Å²) in [6.45, 7) is 9.00. The van der Waals surface area contributed by atoms with Gasteiger partial charge in [-0.15, -0.1) is 0 Å². The molecule has 4 nitrogen and oxygen atoms in total. The molecule has 144 valence electrons. The fourth-order valence-electron chi connectivity index (χ4n) is 3.37. The second-order valence-electron chi connectivity index (χ2n) is 7.55. The van der Waals surface area contributed by atoms with E-state index in [0.717, 1.165) is 43.4 Å². The summed E-state index contributed by atoms with van der Waals surface area (Å²) in [6.07, 6.45) is 0.551. The van der Waals surface area contributed by atoms with E-state index in [-0.39, 0.29) is 5.91 Å². The SMILES string of the molecule is CC(C)CC(=O)Nc1ccc(N2CCN(Cc3ccccc3Cl)CC2)cc1. The Morgan fingerprint density at radius 3 is 2.33 bits per heavy atom. The number of nitrogens with one attached hydrogen (secondary N) is 1. The van der Waals surface area contributed by atoms with Gasteiger partial charge in [-0.3, -0.25) is 9.69 Å². The van der Waals surface area contributed by atoms with Crippen molar-refractivity contribution >= 4 is 28.9 Å². The maximum atomic E-state index is 11.9. The molecule has 0 spiro atoms. The fraction of sp³-hybridized carbons (Fsp3) is 0.409. The van der Waals surface area contributed by atoms with Crippen molar-refractivity contribution in [3.63, 3.8) is 0 Å². The van der Waals surface area contributed by atoms with Crippen LogP contribution in [-0.2, 0) is 11.3 Å². The summed E-state index contributed by atoms with van der Waals surface area (Å²) >= 11 is 6.28. The van der Waals surface area contributed by atoms with Crippen molar-refractivity contribution in [2.45, 2.75) is 26.8 Å². The summed E-state index contributed by atoms with van der Waals surface area (Å²) in [5.41, 5.74) is 3.25. The van der Waals surface area contributed by atoms with E-state index in [4.69, 9.17) is 11.6 Å². The van der Waals surface area contributed by atoms with Crippen molar-refractivity contribution in [1.82, 2.24) is 4.90 Å². The topological polar surface area (TPSA) is 35.6 Å². The maximum Gasteiger partial charge on any atom is 0.224 e. The van der Waals surface area contributed by atoms with Crippen LogP contribution in [0, 0.1) is 5.92 Å². The van der Waals surface area contributed by atoms with Crippen LogP contribution in [-0.4, -0.2) is 37.0 Å². The number of benzene rings is 2. The highest BCUT2D eigenvalue weighted by Gasteiger charge is 2.18. The van der Waals surface area contributed by atoms with Gasteiger partial charge >= 0.3 is 0 Å². The van der Waals surface area contributed by atoms with E-state index in [2.05, 4.69) is 33.3 Å². The van der Waals surface area contributed by atoms with Crippen molar-refractivity contribution in [2.24, 2.45) is 5.92 Å². The zero-order valence-corrected chi connectivity index (χ0v) is 16.9. The van der Waals surface area contributed by atoms with Gasteiger partial charge in [0.1, 0.15) is 0 Å². The zero-order valence-electron chi connectivity index (χ0n) is 16.1. The molecule has 1 heterocycles. The summed E-state index contributed by atoms with van der Waals surface area (Å²) in [7, 11) is 0. The molecule has 1 saturated heterocycles. The third-order valence-electron chi connectivity index (χ3n) is 4.83. The quantitative estimate of drug-likeness (QED) is 0.786. The van der Waals surface area contributed by atoms with Gasteiger partial charge in [-0.05, 0) is 41.8 Å². The lowest BCUT2D eigenvalue weighted by Gasteiger charge is -2.36. The van der Waals surface area contributed by atoms with Crippen molar-refractivity contribution in [3.8, 4) is 0 Å². The summed E-state index contributed by atoms with van der Waals surface area (Å²) in [6, 6.07) is 16.2. The van der Waals surface area contributed by atoms with Gasteiger partial charge in [0.15, 0.2) is 0 Å². The molecule has 0 aromatic heterocycles. The van der Waals surface area contributed by atoms with E-state index in [1.165, 1.54) is 11.3 Å². The molecule has 1 fully saturated rings. The highest BCUT2D eigenvalue weighted by molar-refractivity contribution is 6.31. The molecule has 1 N–H and O–H groups in total. The Kier molecular flexibility index (Phi) is 6.75. The van der Waals surface area contributed by atoms with Gasteiger partial charge in [-0.2, -0.15) is 0 Å². The van der Waals surface area contributed by atoms with Crippen LogP contribution < -0.4 is 10.2 Å². The summed E-state index contributed by atoms with van der Waals surface area (Å²) in [5, 5.41) is 3.81. The molecule has 1 aliphatic heterocycles. The molecular weight excluding hydrogens is 358 g/mol. The molecule has 1 aliphatic rings. The molecule has 0 unspecified atom stereocenters. The molecule has 0 bridgehead atoms. The number of halogens is 1. The summed E-state index contributed by atoms with van der Waals surface area (Å²) in [4.78, 5) is 16.7. The largest absolute Gasteiger partial charge is 0.369 e. The van der Waals surface area contributed by atoms with Crippen molar-refractivity contribution < 1.29 is 4.79 Å². The van der Waals surface area contributed by atoms with E-state index in [9.17, 15) is 4.79 Å². The van der Waals surface area contributed by atoms with E-state index in [1.54, 1.807) is 0 Å². The zero-order chi connectivity index (χ0) is 19.2. The number of carbonyl (C=O) groups excluding carboxylic acids is 1. The third kappa shape index (κ3) is 5.72.